The van der Waals surface area contributed by atoms with Crippen LogP contribution >= 0.6 is 0 Å². The molecule has 3 aromatic rings. The van der Waals surface area contributed by atoms with Crippen LogP contribution in [0.5, 0.6) is 5.75 Å². The Balaban J connectivity index is 1.31. The first kappa shape index (κ1) is 21.7. The molecule has 1 fully saturated rings. The van der Waals surface area contributed by atoms with Crippen LogP contribution < -0.4 is 4.74 Å². The summed E-state index contributed by atoms with van der Waals surface area (Å²) in [7, 11) is 1.78. The molecular weight excluding hydrogens is 406 g/mol. The maximum Gasteiger partial charge on any atom is 0.306 e. The summed E-state index contributed by atoms with van der Waals surface area (Å²) < 4.78 is 11.4. The third kappa shape index (κ3) is 5.19. The Hall–Kier alpha value is -3.54. The van der Waals surface area contributed by atoms with Gasteiger partial charge in [0, 0.05) is 30.3 Å². The predicted octanol–water partition coefficient (Wildman–Crippen LogP) is 5.10. The van der Waals surface area contributed by atoms with Crippen LogP contribution in [0, 0.1) is 11.8 Å². The number of amides is 1. The van der Waals surface area contributed by atoms with Crippen LogP contribution in [0.15, 0.2) is 71.3 Å². The van der Waals surface area contributed by atoms with Crippen LogP contribution in [0.25, 0.3) is 11.3 Å². The molecule has 32 heavy (non-hydrogen) atoms. The number of para-hydroxylation sites is 1. The molecule has 166 valence electrons. The normalized spacial score (nSPS) is 17.0. The fourth-order valence-electron chi connectivity index (χ4n) is 3.94. The third-order valence-corrected chi connectivity index (χ3v) is 5.88. The molecule has 1 saturated carbocycles. The summed E-state index contributed by atoms with van der Waals surface area (Å²) in [6, 6.07) is 18.8. The fraction of sp³-hybridized carbons (Fsp3) is 0.308. The summed E-state index contributed by atoms with van der Waals surface area (Å²) in [5.74, 6) is 0.877. The standard InChI is InChI=1S/C26H27NO5/c1-27(25(28)19-12-10-18(11-13-19)23-9-5-15-31-23)17-21-6-2-3-8-24(21)32-14-4-7-20-16-22(20)26(29)30/h2-3,5-6,8-13,15,20,22H,4,7,14,16-17H2,1H3,(H,29,30)/t20-,22?/m0/s1. The van der Waals surface area contributed by atoms with Gasteiger partial charge in [-0.1, -0.05) is 30.3 Å². The first-order valence-electron chi connectivity index (χ1n) is 10.9. The van der Waals surface area contributed by atoms with Gasteiger partial charge in [0.25, 0.3) is 5.91 Å². The molecule has 0 bridgehead atoms. The molecule has 1 aromatic heterocycles. The van der Waals surface area contributed by atoms with Crippen LogP contribution in [0.2, 0.25) is 0 Å². The lowest BCUT2D eigenvalue weighted by Gasteiger charge is -2.19. The molecule has 6 heteroatoms. The minimum Gasteiger partial charge on any atom is -0.493 e. The van der Waals surface area contributed by atoms with E-state index in [0.29, 0.717) is 18.7 Å². The zero-order valence-corrected chi connectivity index (χ0v) is 18.1. The molecule has 1 unspecified atom stereocenters. The number of carbonyl (C=O) groups is 2. The van der Waals surface area contributed by atoms with Crippen molar-refractivity contribution in [1.29, 1.82) is 0 Å². The summed E-state index contributed by atoms with van der Waals surface area (Å²) in [6.07, 6.45) is 4.09. The highest BCUT2D eigenvalue weighted by Crippen LogP contribution is 2.42. The highest BCUT2D eigenvalue weighted by molar-refractivity contribution is 5.94. The number of ether oxygens (including phenoxy) is 1. The van der Waals surface area contributed by atoms with Gasteiger partial charge in [-0.05, 0) is 55.5 Å². The largest absolute Gasteiger partial charge is 0.493 e. The van der Waals surface area contributed by atoms with Crippen molar-refractivity contribution in [2.75, 3.05) is 13.7 Å². The monoisotopic (exact) mass is 433 g/mol. The van der Waals surface area contributed by atoms with Crippen molar-refractivity contribution >= 4 is 11.9 Å². The summed E-state index contributed by atoms with van der Waals surface area (Å²) in [5, 5.41) is 8.99. The van der Waals surface area contributed by atoms with Crippen molar-refractivity contribution in [2.24, 2.45) is 11.8 Å². The van der Waals surface area contributed by atoms with Crippen molar-refractivity contribution in [3.05, 3.63) is 78.1 Å². The van der Waals surface area contributed by atoms with E-state index in [1.54, 1.807) is 30.3 Å². The second-order valence-corrected chi connectivity index (χ2v) is 8.25. The summed E-state index contributed by atoms with van der Waals surface area (Å²) in [6.45, 7) is 0.963. The van der Waals surface area contributed by atoms with Crippen LogP contribution in [0.4, 0.5) is 0 Å². The van der Waals surface area contributed by atoms with Gasteiger partial charge in [-0.2, -0.15) is 0 Å². The summed E-state index contributed by atoms with van der Waals surface area (Å²) in [5.41, 5.74) is 2.47. The van der Waals surface area contributed by atoms with Gasteiger partial charge in [0.15, 0.2) is 0 Å². The van der Waals surface area contributed by atoms with E-state index in [2.05, 4.69) is 0 Å². The van der Waals surface area contributed by atoms with Crippen molar-refractivity contribution in [3.63, 3.8) is 0 Å². The van der Waals surface area contributed by atoms with Crippen molar-refractivity contribution in [3.8, 4) is 17.1 Å². The lowest BCUT2D eigenvalue weighted by Crippen LogP contribution is -2.26. The Morgan fingerprint density at radius 2 is 1.88 bits per heavy atom. The molecule has 0 spiro atoms. The quantitative estimate of drug-likeness (QED) is 0.450. The molecule has 0 radical (unpaired) electrons. The predicted molar refractivity (Wildman–Crippen MR) is 120 cm³/mol. The second-order valence-electron chi connectivity index (χ2n) is 8.25. The minimum atomic E-state index is -0.690. The van der Waals surface area contributed by atoms with E-state index in [-0.39, 0.29) is 17.7 Å². The molecule has 0 saturated heterocycles. The number of benzene rings is 2. The number of rotatable bonds is 10. The van der Waals surface area contributed by atoms with Crippen LogP contribution in [-0.4, -0.2) is 35.5 Å². The average Bonchev–Trinajstić information content (AvgIpc) is 3.38. The molecule has 2 atom stereocenters. The van der Waals surface area contributed by atoms with Gasteiger partial charge in [0.05, 0.1) is 18.8 Å². The van der Waals surface area contributed by atoms with E-state index in [1.807, 2.05) is 48.5 Å². The zero-order chi connectivity index (χ0) is 22.5. The number of hydrogen-bond acceptors (Lipinski definition) is 4. The molecule has 1 aliphatic rings. The zero-order valence-electron chi connectivity index (χ0n) is 18.1. The van der Waals surface area contributed by atoms with E-state index in [4.69, 9.17) is 14.3 Å². The van der Waals surface area contributed by atoms with Gasteiger partial charge >= 0.3 is 5.97 Å². The van der Waals surface area contributed by atoms with Gasteiger partial charge in [0.2, 0.25) is 0 Å². The number of carboxylic acids is 1. The summed E-state index contributed by atoms with van der Waals surface area (Å²) in [4.78, 5) is 25.5. The SMILES string of the molecule is CN(Cc1ccccc1OCCC[C@H]1CC1C(=O)O)C(=O)c1ccc(-c2ccco2)cc1. The lowest BCUT2D eigenvalue weighted by molar-refractivity contribution is -0.138. The van der Waals surface area contributed by atoms with Gasteiger partial charge in [-0.25, -0.2) is 0 Å². The molecular formula is C26H27NO5. The topological polar surface area (TPSA) is 80.0 Å². The maximum absolute atomic E-state index is 12.9. The molecule has 1 amide bonds. The number of furan rings is 1. The number of nitrogens with zero attached hydrogens (tertiary/aromatic N) is 1. The van der Waals surface area contributed by atoms with Crippen LogP contribution in [0.3, 0.4) is 0 Å². The van der Waals surface area contributed by atoms with Gasteiger partial charge in [0.1, 0.15) is 11.5 Å². The Morgan fingerprint density at radius 1 is 1.09 bits per heavy atom. The lowest BCUT2D eigenvalue weighted by atomic mass is 10.1. The molecule has 1 heterocycles. The first-order chi connectivity index (χ1) is 15.5. The molecule has 6 nitrogen and oxygen atoms in total. The van der Waals surface area contributed by atoms with E-state index in [0.717, 1.165) is 41.9 Å². The van der Waals surface area contributed by atoms with E-state index in [9.17, 15) is 9.59 Å². The van der Waals surface area contributed by atoms with Crippen LogP contribution in [0.1, 0.15) is 35.2 Å². The smallest absolute Gasteiger partial charge is 0.306 e. The number of carbonyl (C=O) groups excluding carboxylic acids is 1. The van der Waals surface area contributed by atoms with Crippen molar-refractivity contribution < 1.29 is 23.8 Å². The highest BCUT2D eigenvalue weighted by Gasteiger charge is 2.42. The Kier molecular flexibility index (Phi) is 6.59. The highest BCUT2D eigenvalue weighted by atomic mass is 16.5. The molecule has 1 aliphatic carbocycles. The molecule has 0 aliphatic heterocycles. The van der Waals surface area contributed by atoms with Gasteiger partial charge in [-0.3, -0.25) is 9.59 Å². The minimum absolute atomic E-state index is 0.0701. The van der Waals surface area contributed by atoms with Crippen molar-refractivity contribution in [1.82, 2.24) is 4.90 Å². The molecule has 1 N–H and O–H groups in total. The molecule has 2 aromatic carbocycles. The number of carboxylic acid groups (broad SMARTS) is 1. The Morgan fingerprint density at radius 3 is 2.56 bits per heavy atom. The average molecular weight is 434 g/mol. The first-order valence-corrected chi connectivity index (χ1v) is 10.9. The van der Waals surface area contributed by atoms with E-state index < -0.39 is 5.97 Å². The van der Waals surface area contributed by atoms with E-state index in [1.165, 1.54) is 0 Å². The summed E-state index contributed by atoms with van der Waals surface area (Å²) >= 11 is 0. The van der Waals surface area contributed by atoms with Crippen molar-refractivity contribution in [2.45, 2.75) is 25.8 Å². The Labute approximate surface area is 187 Å². The third-order valence-electron chi connectivity index (χ3n) is 5.88. The maximum atomic E-state index is 12.9. The van der Waals surface area contributed by atoms with Gasteiger partial charge < -0.3 is 19.2 Å². The molecule has 4 rings (SSSR count). The number of aliphatic carboxylic acids is 1. The van der Waals surface area contributed by atoms with E-state index >= 15 is 0 Å². The number of hydrogen-bond donors (Lipinski definition) is 1. The second kappa shape index (κ2) is 9.73. The van der Waals surface area contributed by atoms with Gasteiger partial charge in [-0.15, -0.1) is 0 Å². The fourth-order valence-corrected chi connectivity index (χ4v) is 3.94. The Bertz CT molecular complexity index is 1060. The van der Waals surface area contributed by atoms with Crippen LogP contribution in [-0.2, 0) is 11.3 Å².